The van der Waals surface area contributed by atoms with Crippen LogP contribution in [0.2, 0.25) is 0 Å². The Hall–Kier alpha value is -2.42. The van der Waals surface area contributed by atoms with Crippen molar-refractivity contribution in [2.75, 3.05) is 34.0 Å². The van der Waals surface area contributed by atoms with Crippen LogP contribution in [0.15, 0.2) is 36.5 Å². The Kier molecular flexibility index (Phi) is 9.35. The fraction of sp³-hybridized carbons (Fsp3) is 0.667. The van der Waals surface area contributed by atoms with Gasteiger partial charge in [-0.05, 0) is 69.3 Å². The zero-order chi connectivity index (χ0) is 26.3. The van der Waals surface area contributed by atoms with Crippen molar-refractivity contribution in [3.63, 3.8) is 0 Å². The Morgan fingerprint density at radius 3 is 2.55 bits per heavy atom. The van der Waals surface area contributed by atoms with E-state index in [1.54, 1.807) is 7.11 Å². The van der Waals surface area contributed by atoms with Gasteiger partial charge in [-0.1, -0.05) is 30.3 Å². The second-order valence-electron chi connectivity index (χ2n) is 11.0. The van der Waals surface area contributed by atoms with Gasteiger partial charge in [-0.15, -0.1) is 0 Å². The van der Waals surface area contributed by atoms with Crippen molar-refractivity contribution in [1.82, 2.24) is 14.7 Å². The summed E-state index contributed by atoms with van der Waals surface area (Å²) in [6, 6.07) is 10.7. The van der Waals surface area contributed by atoms with Gasteiger partial charge in [0.1, 0.15) is 6.23 Å². The predicted octanol–water partition coefficient (Wildman–Crippen LogP) is 5.79. The lowest BCUT2D eigenvalue weighted by atomic mass is 9.82. The van der Waals surface area contributed by atoms with Gasteiger partial charge in [-0.3, -0.25) is 0 Å². The first-order valence-corrected chi connectivity index (χ1v) is 14.4. The smallest absolute Gasteiger partial charge is 0.409 e. The van der Waals surface area contributed by atoms with E-state index in [4.69, 9.17) is 24.0 Å². The normalized spacial score (nSPS) is 28.3. The van der Waals surface area contributed by atoms with Crippen LogP contribution in [0.3, 0.4) is 0 Å². The van der Waals surface area contributed by atoms with Gasteiger partial charge in [-0.25, -0.2) is 9.48 Å². The summed E-state index contributed by atoms with van der Waals surface area (Å²) in [5.74, 6) is 0.658. The molecule has 2 saturated heterocycles. The highest BCUT2D eigenvalue weighted by atomic mass is 16.5. The van der Waals surface area contributed by atoms with Crippen molar-refractivity contribution < 1.29 is 23.7 Å². The standard InChI is InChI=1S/C30H43N3O5/c1-35-20-24-19-33(28-12-6-7-18-37-28)31-29(24)26-11-8-17-32(30(34)36-2)27(26)21-38-25-15-13-23(14-16-25)22-9-4-3-5-10-22/h3-5,9-10,19,23,25-28H,6-8,11-18,20-21H2,1-2H3/t23-,25+,26-,27-,28?/m0/s1. The van der Waals surface area contributed by atoms with Crippen LogP contribution in [0, 0.1) is 0 Å². The van der Waals surface area contributed by atoms with Gasteiger partial charge < -0.3 is 23.8 Å². The molecule has 0 spiro atoms. The molecular weight excluding hydrogens is 482 g/mol. The van der Waals surface area contributed by atoms with Crippen molar-refractivity contribution in [2.24, 2.45) is 0 Å². The summed E-state index contributed by atoms with van der Waals surface area (Å²) < 4.78 is 25.3. The molecule has 38 heavy (non-hydrogen) atoms. The zero-order valence-electron chi connectivity index (χ0n) is 22.9. The number of piperidine rings is 1. The van der Waals surface area contributed by atoms with Gasteiger partial charge in [-0.2, -0.15) is 5.10 Å². The first-order chi connectivity index (χ1) is 18.7. The van der Waals surface area contributed by atoms with Gasteiger partial charge in [0, 0.05) is 37.9 Å². The molecule has 0 radical (unpaired) electrons. The van der Waals surface area contributed by atoms with Crippen LogP contribution in [-0.2, 0) is 25.6 Å². The summed E-state index contributed by atoms with van der Waals surface area (Å²) in [4.78, 5) is 14.7. The first-order valence-electron chi connectivity index (χ1n) is 14.4. The van der Waals surface area contributed by atoms with Crippen LogP contribution < -0.4 is 0 Å². The van der Waals surface area contributed by atoms with Gasteiger partial charge in [0.2, 0.25) is 0 Å². The van der Waals surface area contributed by atoms with E-state index in [-0.39, 0.29) is 30.4 Å². The van der Waals surface area contributed by atoms with E-state index >= 15 is 0 Å². The molecule has 3 aliphatic rings. The number of ether oxygens (including phenoxy) is 4. The Bertz CT molecular complexity index is 1010. The monoisotopic (exact) mass is 525 g/mol. The number of methoxy groups -OCH3 is 2. The van der Waals surface area contributed by atoms with Crippen LogP contribution in [-0.4, -0.2) is 66.9 Å². The van der Waals surface area contributed by atoms with E-state index in [2.05, 4.69) is 36.5 Å². The zero-order valence-corrected chi connectivity index (χ0v) is 22.9. The van der Waals surface area contributed by atoms with Crippen LogP contribution >= 0.6 is 0 Å². The topological polar surface area (TPSA) is 75.1 Å². The molecule has 8 nitrogen and oxygen atoms in total. The molecule has 208 valence electrons. The molecule has 3 atom stereocenters. The van der Waals surface area contributed by atoms with Gasteiger partial charge in [0.05, 0.1) is 38.2 Å². The average Bonchev–Trinajstić information content (AvgIpc) is 3.40. The number of hydrogen-bond donors (Lipinski definition) is 0. The Labute approximate surface area is 226 Å². The summed E-state index contributed by atoms with van der Waals surface area (Å²) in [5, 5.41) is 5.06. The minimum absolute atomic E-state index is 0.0390. The van der Waals surface area contributed by atoms with Crippen LogP contribution in [0.5, 0.6) is 0 Å². The van der Waals surface area contributed by atoms with Gasteiger partial charge >= 0.3 is 6.09 Å². The van der Waals surface area contributed by atoms with E-state index in [0.717, 1.165) is 75.7 Å². The van der Waals surface area contributed by atoms with Crippen LogP contribution in [0.25, 0.3) is 0 Å². The molecule has 1 amide bonds. The van der Waals surface area contributed by atoms with Crippen LogP contribution in [0.4, 0.5) is 4.79 Å². The summed E-state index contributed by atoms with van der Waals surface area (Å²) in [6.45, 7) is 2.40. The molecule has 5 rings (SSSR count). The molecule has 1 aromatic carbocycles. The SMILES string of the molecule is COCc1cn(C2CCCCO2)nc1[C@H]1CCCN(C(=O)OC)[C@H]1CO[C@H]1CC[C@@H](c2ccccc2)CC1. The van der Waals surface area contributed by atoms with Gasteiger partial charge in [0.15, 0.2) is 0 Å². The average molecular weight is 526 g/mol. The summed E-state index contributed by atoms with van der Waals surface area (Å²) in [6.07, 6.45) is 11.3. The third kappa shape index (κ3) is 6.24. The molecule has 1 aromatic heterocycles. The molecule has 0 N–H and O–H groups in total. The fourth-order valence-electron chi connectivity index (χ4n) is 6.55. The van der Waals surface area contributed by atoms with Crippen molar-refractivity contribution in [1.29, 1.82) is 0 Å². The number of aromatic nitrogens is 2. The molecule has 8 heteroatoms. The largest absolute Gasteiger partial charge is 0.453 e. The fourth-order valence-corrected chi connectivity index (χ4v) is 6.55. The second kappa shape index (κ2) is 13.1. The minimum atomic E-state index is -0.292. The van der Waals surface area contributed by atoms with E-state index in [9.17, 15) is 4.79 Å². The molecule has 1 aliphatic carbocycles. The maximum absolute atomic E-state index is 12.8. The van der Waals surface area contributed by atoms with Crippen molar-refractivity contribution in [3.05, 3.63) is 53.3 Å². The first kappa shape index (κ1) is 27.2. The lowest BCUT2D eigenvalue weighted by Crippen LogP contribution is -2.50. The molecule has 1 unspecified atom stereocenters. The van der Waals surface area contributed by atoms with E-state index in [1.165, 1.54) is 12.7 Å². The molecule has 1 saturated carbocycles. The Morgan fingerprint density at radius 2 is 1.84 bits per heavy atom. The number of hydrogen-bond acceptors (Lipinski definition) is 6. The third-order valence-electron chi connectivity index (χ3n) is 8.58. The number of nitrogens with zero attached hydrogens (tertiary/aromatic N) is 3. The van der Waals surface area contributed by atoms with Crippen molar-refractivity contribution >= 4 is 6.09 Å². The predicted molar refractivity (Wildman–Crippen MR) is 144 cm³/mol. The lowest BCUT2D eigenvalue weighted by Gasteiger charge is -2.41. The van der Waals surface area contributed by atoms with Gasteiger partial charge in [0.25, 0.3) is 0 Å². The number of carbonyl (C=O) groups is 1. The number of rotatable bonds is 8. The van der Waals surface area contributed by atoms with E-state index in [1.807, 2.05) is 9.58 Å². The maximum Gasteiger partial charge on any atom is 0.409 e. The quantitative estimate of drug-likeness (QED) is 0.435. The highest BCUT2D eigenvalue weighted by Gasteiger charge is 2.39. The van der Waals surface area contributed by atoms with Crippen LogP contribution in [0.1, 0.15) is 92.7 Å². The molecular formula is C30H43N3O5. The van der Waals surface area contributed by atoms with E-state index < -0.39 is 0 Å². The third-order valence-corrected chi connectivity index (χ3v) is 8.58. The van der Waals surface area contributed by atoms with Crippen molar-refractivity contribution in [2.45, 2.75) is 94.6 Å². The van der Waals surface area contributed by atoms with Crippen molar-refractivity contribution in [3.8, 4) is 0 Å². The Morgan fingerprint density at radius 1 is 1.03 bits per heavy atom. The minimum Gasteiger partial charge on any atom is -0.453 e. The summed E-state index contributed by atoms with van der Waals surface area (Å²) in [5.41, 5.74) is 3.49. The second-order valence-corrected chi connectivity index (χ2v) is 11.0. The maximum atomic E-state index is 12.8. The summed E-state index contributed by atoms with van der Waals surface area (Å²) >= 11 is 0. The number of likely N-dealkylation sites (tertiary alicyclic amines) is 1. The molecule has 2 aliphatic heterocycles. The Balaban J connectivity index is 1.31. The number of amides is 1. The molecule has 0 bridgehead atoms. The molecule has 2 aromatic rings. The van der Waals surface area contributed by atoms with E-state index in [0.29, 0.717) is 25.7 Å². The highest BCUT2D eigenvalue weighted by Crippen LogP contribution is 2.38. The number of benzene rings is 1. The molecule has 3 fully saturated rings. The molecule has 3 heterocycles. The highest BCUT2D eigenvalue weighted by molar-refractivity contribution is 5.68. The summed E-state index contributed by atoms with van der Waals surface area (Å²) in [7, 11) is 3.17. The lowest BCUT2D eigenvalue weighted by molar-refractivity contribution is -0.0406. The number of carbonyl (C=O) groups excluding carboxylic acids is 1.